The molecule has 0 radical (unpaired) electrons. The van der Waals surface area contributed by atoms with Crippen LogP contribution < -0.4 is 5.32 Å². The number of nitrogens with zero attached hydrogens (tertiary/aromatic N) is 1. The lowest BCUT2D eigenvalue weighted by atomic mass is 9.99. The minimum atomic E-state index is -5.05. The number of rotatable bonds is 4. The number of carbonyl (C=O) groups is 1. The molecule has 0 aliphatic carbocycles. The highest BCUT2D eigenvalue weighted by Gasteiger charge is 2.58. The lowest BCUT2D eigenvalue weighted by molar-refractivity contribution is -0.266. The van der Waals surface area contributed by atoms with Crippen LogP contribution in [0.2, 0.25) is 0 Å². The fourth-order valence-corrected chi connectivity index (χ4v) is 3.58. The number of hydrogen-bond donors (Lipinski definition) is 2. The number of aromatic nitrogens is 1. The highest BCUT2D eigenvalue weighted by Crippen LogP contribution is 2.44. The summed E-state index contributed by atoms with van der Waals surface area (Å²) >= 11 is 0.721. The fraction of sp³-hybridized carbons (Fsp3) is 0.222. The average Bonchev–Trinajstić information content (AvgIpc) is 2.98. The Kier molecular flexibility index (Phi) is 4.72. The summed E-state index contributed by atoms with van der Waals surface area (Å²) in [4.78, 5) is 16.1. The van der Waals surface area contributed by atoms with E-state index in [4.69, 9.17) is 0 Å². The number of fused-ring (bicyclic) bond motifs is 1. The Morgan fingerprint density at radius 3 is 2.58 bits per heavy atom. The van der Waals surface area contributed by atoms with Crippen LogP contribution in [0.3, 0.4) is 0 Å². The third kappa shape index (κ3) is 3.56. The minimum absolute atomic E-state index is 0.342. The quantitative estimate of drug-likeness (QED) is 0.706. The Labute approximate surface area is 151 Å². The van der Waals surface area contributed by atoms with Gasteiger partial charge in [-0.25, -0.2) is 4.98 Å². The van der Waals surface area contributed by atoms with Crippen LogP contribution in [0, 0.1) is 6.92 Å². The molecule has 2 N–H and O–H groups in total. The monoisotopic (exact) mass is 380 g/mol. The van der Waals surface area contributed by atoms with Crippen LogP contribution in [0.25, 0.3) is 10.2 Å². The number of amides is 1. The van der Waals surface area contributed by atoms with Crippen LogP contribution in [-0.4, -0.2) is 22.2 Å². The molecular formula is C18H15F3N2O2S. The summed E-state index contributed by atoms with van der Waals surface area (Å²) in [7, 11) is 0. The van der Waals surface area contributed by atoms with Gasteiger partial charge < -0.3 is 10.4 Å². The maximum absolute atomic E-state index is 13.6. The molecule has 0 saturated carbocycles. The second-order valence-corrected chi connectivity index (χ2v) is 6.97. The van der Waals surface area contributed by atoms with Crippen molar-refractivity contribution in [3.05, 3.63) is 59.1 Å². The van der Waals surface area contributed by atoms with E-state index in [1.165, 1.54) is 0 Å². The molecule has 0 unspecified atom stereocenters. The molecule has 0 saturated heterocycles. The van der Waals surface area contributed by atoms with Crippen LogP contribution in [0.1, 0.15) is 17.0 Å². The van der Waals surface area contributed by atoms with E-state index in [0.29, 0.717) is 15.9 Å². The molecule has 0 spiro atoms. The predicted octanol–water partition coefficient (Wildman–Crippen LogP) is 4.38. The summed E-state index contributed by atoms with van der Waals surface area (Å²) in [5.41, 5.74) is -1.80. The van der Waals surface area contributed by atoms with Crippen molar-refractivity contribution in [2.45, 2.75) is 25.1 Å². The van der Waals surface area contributed by atoms with E-state index in [-0.39, 0.29) is 0 Å². The summed E-state index contributed by atoms with van der Waals surface area (Å²) in [6, 6.07) is 13.1. The minimum Gasteiger partial charge on any atom is -0.374 e. The molecule has 0 fully saturated rings. The highest BCUT2D eigenvalue weighted by molar-refractivity contribution is 7.18. The Bertz CT molecular complexity index is 922. The van der Waals surface area contributed by atoms with Crippen molar-refractivity contribution >= 4 is 33.1 Å². The van der Waals surface area contributed by atoms with Gasteiger partial charge in [0.25, 0.3) is 0 Å². The first-order valence-corrected chi connectivity index (χ1v) is 8.52. The number of aliphatic hydroxyl groups is 1. The molecule has 1 atom stereocenters. The van der Waals surface area contributed by atoms with Crippen LogP contribution in [-0.2, 0) is 10.4 Å². The van der Waals surface area contributed by atoms with Gasteiger partial charge in [0.05, 0.1) is 16.6 Å². The van der Waals surface area contributed by atoms with Crippen molar-refractivity contribution in [3.63, 3.8) is 0 Å². The van der Waals surface area contributed by atoms with Gasteiger partial charge in [-0.05, 0) is 36.8 Å². The first kappa shape index (κ1) is 18.3. The van der Waals surface area contributed by atoms with Gasteiger partial charge in [0, 0.05) is 5.69 Å². The van der Waals surface area contributed by atoms with Gasteiger partial charge in [-0.1, -0.05) is 24.3 Å². The van der Waals surface area contributed by atoms with Crippen LogP contribution >= 0.6 is 11.3 Å². The van der Waals surface area contributed by atoms with E-state index in [1.54, 1.807) is 55.5 Å². The molecule has 4 nitrogen and oxygen atoms in total. The topological polar surface area (TPSA) is 62.2 Å². The van der Waals surface area contributed by atoms with Crippen LogP contribution in [0.4, 0.5) is 18.9 Å². The predicted molar refractivity (Wildman–Crippen MR) is 94.0 cm³/mol. The number of anilines is 1. The van der Waals surface area contributed by atoms with E-state index in [2.05, 4.69) is 10.3 Å². The number of alkyl halides is 3. The Morgan fingerprint density at radius 2 is 1.92 bits per heavy atom. The summed E-state index contributed by atoms with van der Waals surface area (Å²) in [6.07, 6.45) is -6.23. The first-order chi connectivity index (χ1) is 12.2. The van der Waals surface area contributed by atoms with E-state index in [9.17, 15) is 23.1 Å². The molecule has 1 amide bonds. The lowest BCUT2D eigenvalue weighted by Gasteiger charge is -2.27. The SMILES string of the molecule is Cc1cccc(NC(=O)C[C@@](O)(c2nc3ccccc3s2)C(F)(F)F)c1. The maximum Gasteiger partial charge on any atom is 0.424 e. The van der Waals surface area contributed by atoms with Crippen molar-refractivity contribution in [1.29, 1.82) is 0 Å². The molecule has 0 aliphatic heterocycles. The number of para-hydroxylation sites is 1. The van der Waals surface area contributed by atoms with Gasteiger partial charge >= 0.3 is 6.18 Å². The maximum atomic E-state index is 13.6. The van der Waals surface area contributed by atoms with Crippen molar-refractivity contribution in [1.82, 2.24) is 4.98 Å². The van der Waals surface area contributed by atoms with Crippen LogP contribution in [0.15, 0.2) is 48.5 Å². The van der Waals surface area contributed by atoms with E-state index >= 15 is 0 Å². The number of halogens is 3. The van der Waals surface area contributed by atoms with Gasteiger partial charge in [-0.2, -0.15) is 13.2 Å². The number of aryl methyl sites for hydroxylation is 1. The highest BCUT2D eigenvalue weighted by atomic mass is 32.1. The van der Waals surface area contributed by atoms with Gasteiger partial charge in [-0.15, -0.1) is 11.3 Å². The van der Waals surface area contributed by atoms with Crippen LogP contribution in [0.5, 0.6) is 0 Å². The van der Waals surface area contributed by atoms with Crippen molar-refractivity contribution < 1.29 is 23.1 Å². The second kappa shape index (κ2) is 6.69. The fourth-order valence-electron chi connectivity index (χ4n) is 2.51. The molecule has 26 heavy (non-hydrogen) atoms. The molecule has 0 bridgehead atoms. The average molecular weight is 380 g/mol. The standard InChI is InChI=1S/C18H15F3N2O2S/c1-11-5-4-6-12(9-11)22-15(24)10-17(25,18(19,20)21)16-23-13-7-2-3-8-14(13)26-16/h2-9,25H,10H2,1H3,(H,22,24)/t17-/m1/s1. The van der Waals surface area contributed by atoms with Crippen molar-refractivity contribution in [2.75, 3.05) is 5.32 Å². The van der Waals surface area contributed by atoms with Gasteiger partial charge in [0.2, 0.25) is 11.5 Å². The molecule has 3 rings (SSSR count). The Hall–Kier alpha value is -2.45. The molecule has 3 aromatic rings. The smallest absolute Gasteiger partial charge is 0.374 e. The van der Waals surface area contributed by atoms with Gasteiger partial charge in [-0.3, -0.25) is 4.79 Å². The number of thiazole rings is 1. The van der Waals surface area contributed by atoms with Crippen molar-refractivity contribution in [2.24, 2.45) is 0 Å². The second-order valence-electron chi connectivity index (χ2n) is 5.94. The van der Waals surface area contributed by atoms with E-state index in [1.807, 2.05) is 0 Å². The summed E-state index contributed by atoms with van der Waals surface area (Å²) in [5.74, 6) is -0.949. The number of nitrogens with one attached hydrogen (secondary N) is 1. The molecule has 8 heteroatoms. The summed E-state index contributed by atoms with van der Waals surface area (Å²) in [5, 5.41) is 12.2. The van der Waals surface area contributed by atoms with E-state index < -0.39 is 29.1 Å². The largest absolute Gasteiger partial charge is 0.424 e. The first-order valence-electron chi connectivity index (χ1n) is 7.71. The zero-order valence-electron chi connectivity index (χ0n) is 13.7. The molecule has 2 aromatic carbocycles. The normalized spacial score (nSPS) is 14.2. The molecular weight excluding hydrogens is 365 g/mol. The molecule has 136 valence electrons. The Morgan fingerprint density at radius 1 is 1.19 bits per heavy atom. The van der Waals surface area contributed by atoms with Gasteiger partial charge in [0.15, 0.2) is 0 Å². The van der Waals surface area contributed by atoms with Crippen molar-refractivity contribution in [3.8, 4) is 0 Å². The Balaban J connectivity index is 1.91. The summed E-state index contributed by atoms with van der Waals surface area (Å²) < 4.78 is 41.4. The number of hydrogen-bond acceptors (Lipinski definition) is 4. The summed E-state index contributed by atoms with van der Waals surface area (Å²) in [6.45, 7) is 1.79. The number of benzene rings is 2. The number of carbonyl (C=O) groups excluding carboxylic acids is 1. The zero-order valence-corrected chi connectivity index (χ0v) is 14.5. The van der Waals surface area contributed by atoms with Gasteiger partial charge in [0.1, 0.15) is 5.01 Å². The zero-order chi connectivity index (χ0) is 18.9. The lowest BCUT2D eigenvalue weighted by Crippen LogP contribution is -2.45. The third-order valence-electron chi connectivity index (χ3n) is 3.83. The van der Waals surface area contributed by atoms with E-state index in [0.717, 1.165) is 16.9 Å². The molecule has 1 aromatic heterocycles. The molecule has 0 aliphatic rings. The third-order valence-corrected chi connectivity index (χ3v) is 5.02. The molecule has 1 heterocycles.